The molecule has 1 saturated heterocycles. The number of nitrogens with zero attached hydrogens (tertiary/aromatic N) is 1. The molecule has 5 nitrogen and oxygen atoms in total. The molecule has 1 fully saturated rings. The third-order valence-corrected chi connectivity index (χ3v) is 2.48. The summed E-state index contributed by atoms with van der Waals surface area (Å²) in [7, 11) is 1.33. The maximum atomic E-state index is 11.6. The van der Waals surface area contributed by atoms with Crippen molar-refractivity contribution in [2.24, 2.45) is 0 Å². The summed E-state index contributed by atoms with van der Waals surface area (Å²) in [6, 6.07) is 0. The first kappa shape index (κ1) is 12.0. The highest BCUT2D eigenvalue weighted by Gasteiger charge is 2.15. The predicted molar refractivity (Wildman–Crippen MR) is 55.3 cm³/mol. The Morgan fingerprint density at radius 3 is 2.47 bits per heavy atom. The van der Waals surface area contributed by atoms with Gasteiger partial charge in [0.25, 0.3) is 0 Å². The normalized spacial score (nSPS) is 16.2. The van der Waals surface area contributed by atoms with E-state index in [1.165, 1.54) is 13.5 Å². The molecule has 1 rings (SSSR count). The van der Waals surface area contributed by atoms with Crippen molar-refractivity contribution >= 4 is 11.9 Å². The number of amides is 1. The second-order valence-electron chi connectivity index (χ2n) is 3.62. The SMILES string of the molecule is COC(=O)CNCC(=O)N1CCCCC1. The van der Waals surface area contributed by atoms with Crippen molar-refractivity contribution in [1.82, 2.24) is 10.2 Å². The van der Waals surface area contributed by atoms with Crippen molar-refractivity contribution < 1.29 is 14.3 Å². The molecule has 86 valence electrons. The number of piperidine rings is 1. The van der Waals surface area contributed by atoms with Crippen molar-refractivity contribution in [3.63, 3.8) is 0 Å². The Morgan fingerprint density at radius 2 is 1.87 bits per heavy atom. The molecule has 0 aromatic rings. The lowest BCUT2D eigenvalue weighted by molar-refractivity contribution is -0.139. The summed E-state index contributed by atoms with van der Waals surface area (Å²) >= 11 is 0. The minimum Gasteiger partial charge on any atom is -0.468 e. The maximum Gasteiger partial charge on any atom is 0.319 e. The van der Waals surface area contributed by atoms with Crippen LogP contribution in [0.1, 0.15) is 19.3 Å². The van der Waals surface area contributed by atoms with Gasteiger partial charge in [0.1, 0.15) is 0 Å². The third kappa shape index (κ3) is 4.29. The molecule has 1 N–H and O–H groups in total. The van der Waals surface area contributed by atoms with Gasteiger partial charge in [-0.05, 0) is 19.3 Å². The molecule has 0 radical (unpaired) electrons. The van der Waals surface area contributed by atoms with Gasteiger partial charge in [0.05, 0.1) is 20.2 Å². The number of hydrogen-bond acceptors (Lipinski definition) is 4. The van der Waals surface area contributed by atoms with Crippen LogP contribution in [0.25, 0.3) is 0 Å². The number of rotatable bonds is 4. The van der Waals surface area contributed by atoms with E-state index in [1.54, 1.807) is 0 Å². The molecule has 0 spiro atoms. The summed E-state index contributed by atoms with van der Waals surface area (Å²) in [5.74, 6) is -0.278. The molecule has 0 aromatic carbocycles. The second-order valence-corrected chi connectivity index (χ2v) is 3.62. The molecule has 0 saturated carbocycles. The average molecular weight is 214 g/mol. The quantitative estimate of drug-likeness (QED) is 0.656. The van der Waals surface area contributed by atoms with E-state index in [1.807, 2.05) is 4.90 Å². The van der Waals surface area contributed by atoms with Crippen LogP contribution in [0, 0.1) is 0 Å². The van der Waals surface area contributed by atoms with E-state index in [0.717, 1.165) is 25.9 Å². The molecule has 0 unspecified atom stereocenters. The van der Waals surface area contributed by atoms with Crippen molar-refractivity contribution in [1.29, 1.82) is 0 Å². The summed E-state index contributed by atoms with van der Waals surface area (Å²) < 4.78 is 4.45. The first-order chi connectivity index (χ1) is 7.24. The van der Waals surface area contributed by atoms with Gasteiger partial charge in [0, 0.05) is 13.1 Å². The van der Waals surface area contributed by atoms with Crippen molar-refractivity contribution in [2.75, 3.05) is 33.3 Å². The van der Waals surface area contributed by atoms with Crippen LogP contribution in [0.3, 0.4) is 0 Å². The molecule has 15 heavy (non-hydrogen) atoms. The van der Waals surface area contributed by atoms with E-state index in [4.69, 9.17) is 0 Å². The number of likely N-dealkylation sites (tertiary alicyclic amines) is 1. The first-order valence-corrected chi connectivity index (χ1v) is 5.29. The van der Waals surface area contributed by atoms with Gasteiger partial charge < -0.3 is 9.64 Å². The van der Waals surface area contributed by atoms with Gasteiger partial charge in [-0.1, -0.05) is 0 Å². The minimum absolute atomic E-state index is 0.0682. The number of carbonyl (C=O) groups excluding carboxylic acids is 2. The number of ether oxygens (including phenoxy) is 1. The van der Waals surface area contributed by atoms with Gasteiger partial charge in [-0.3, -0.25) is 14.9 Å². The fraction of sp³-hybridized carbons (Fsp3) is 0.800. The van der Waals surface area contributed by atoms with E-state index in [2.05, 4.69) is 10.1 Å². The zero-order valence-electron chi connectivity index (χ0n) is 9.12. The Kier molecular flexibility index (Phi) is 5.10. The number of carbonyl (C=O) groups is 2. The fourth-order valence-corrected chi connectivity index (χ4v) is 1.60. The van der Waals surface area contributed by atoms with E-state index in [-0.39, 0.29) is 25.0 Å². The monoisotopic (exact) mass is 214 g/mol. The molecule has 0 aliphatic carbocycles. The Bertz CT molecular complexity index is 225. The van der Waals surface area contributed by atoms with Crippen LogP contribution >= 0.6 is 0 Å². The third-order valence-electron chi connectivity index (χ3n) is 2.48. The van der Waals surface area contributed by atoms with Crippen LogP contribution < -0.4 is 5.32 Å². The second kappa shape index (κ2) is 6.40. The molecule has 0 aromatic heterocycles. The fourth-order valence-electron chi connectivity index (χ4n) is 1.60. The summed E-state index contributed by atoms with van der Waals surface area (Å²) in [5, 5.41) is 2.77. The molecule has 1 amide bonds. The van der Waals surface area contributed by atoms with Gasteiger partial charge in [-0.25, -0.2) is 0 Å². The smallest absolute Gasteiger partial charge is 0.319 e. The van der Waals surface area contributed by atoms with Gasteiger partial charge in [-0.15, -0.1) is 0 Å². The summed E-state index contributed by atoms with van der Waals surface area (Å²) in [6.07, 6.45) is 3.38. The standard InChI is InChI=1S/C10H18N2O3/c1-15-10(14)8-11-7-9(13)12-5-3-2-4-6-12/h11H,2-8H2,1H3. The van der Waals surface area contributed by atoms with Crippen LogP contribution in [-0.2, 0) is 14.3 Å². The predicted octanol–water partition coefficient (Wildman–Crippen LogP) is -0.238. The maximum absolute atomic E-state index is 11.6. The zero-order valence-corrected chi connectivity index (χ0v) is 9.12. The Morgan fingerprint density at radius 1 is 1.20 bits per heavy atom. The summed E-state index contributed by atoms with van der Waals surface area (Å²) in [4.78, 5) is 24.2. The largest absolute Gasteiger partial charge is 0.468 e. The Labute approximate surface area is 89.8 Å². The number of esters is 1. The van der Waals surface area contributed by atoms with Gasteiger partial charge in [-0.2, -0.15) is 0 Å². The van der Waals surface area contributed by atoms with Gasteiger partial charge in [0.15, 0.2) is 0 Å². The van der Waals surface area contributed by atoms with Gasteiger partial charge in [0.2, 0.25) is 5.91 Å². The van der Waals surface area contributed by atoms with Crippen molar-refractivity contribution in [3.05, 3.63) is 0 Å². The molecule has 1 aliphatic rings. The number of nitrogens with one attached hydrogen (secondary N) is 1. The van der Waals surface area contributed by atoms with E-state index in [0.29, 0.717) is 0 Å². The van der Waals surface area contributed by atoms with Crippen LogP contribution in [0.2, 0.25) is 0 Å². The number of hydrogen-bond donors (Lipinski definition) is 1. The van der Waals surface area contributed by atoms with Crippen LogP contribution in [0.15, 0.2) is 0 Å². The minimum atomic E-state index is -0.346. The Balaban J connectivity index is 2.14. The first-order valence-electron chi connectivity index (χ1n) is 5.29. The van der Waals surface area contributed by atoms with Crippen molar-refractivity contribution in [2.45, 2.75) is 19.3 Å². The lowest BCUT2D eigenvalue weighted by Crippen LogP contribution is -2.42. The van der Waals surface area contributed by atoms with Crippen LogP contribution in [-0.4, -0.2) is 50.1 Å². The molecule has 0 atom stereocenters. The lowest BCUT2D eigenvalue weighted by atomic mass is 10.1. The summed E-state index contributed by atoms with van der Waals surface area (Å²) in [5.41, 5.74) is 0. The Hall–Kier alpha value is -1.10. The molecule has 5 heteroatoms. The highest BCUT2D eigenvalue weighted by atomic mass is 16.5. The van der Waals surface area contributed by atoms with E-state index < -0.39 is 0 Å². The zero-order chi connectivity index (χ0) is 11.1. The lowest BCUT2D eigenvalue weighted by Gasteiger charge is -2.26. The van der Waals surface area contributed by atoms with Crippen LogP contribution in [0.5, 0.6) is 0 Å². The highest BCUT2D eigenvalue weighted by Crippen LogP contribution is 2.07. The van der Waals surface area contributed by atoms with Crippen LogP contribution in [0.4, 0.5) is 0 Å². The average Bonchev–Trinajstić information content (AvgIpc) is 2.29. The number of methoxy groups -OCH3 is 1. The van der Waals surface area contributed by atoms with E-state index in [9.17, 15) is 9.59 Å². The van der Waals surface area contributed by atoms with Crippen molar-refractivity contribution in [3.8, 4) is 0 Å². The van der Waals surface area contributed by atoms with E-state index >= 15 is 0 Å². The highest BCUT2D eigenvalue weighted by molar-refractivity contribution is 5.79. The summed E-state index contributed by atoms with van der Waals surface area (Å²) in [6.45, 7) is 2.00. The van der Waals surface area contributed by atoms with Gasteiger partial charge >= 0.3 is 5.97 Å². The molecular weight excluding hydrogens is 196 g/mol. The molecular formula is C10H18N2O3. The topological polar surface area (TPSA) is 58.6 Å². The molecule has 1 heterocycles. The molecule has 1 aliphatic heterocycles. The molecule has 0 bridgehead atoms.